The Morgan fingerprint density at radius 1 is 0.929 bits per heavy atom. The van der Waals surface area contributed by atoms with Crippen molar-refractivity contribution < 1.29 is 29.0 Å². The highest BCUT2D eigenvalue weighted by Gasteiger charge is 2.68. The van der Waals surface area contributed by atoms with Gasteiger partial charge in [0.15, 0.2) is 0 Å². The van der Waals surface area contributed by atoms with Gasteiger partial charge in [-0.05, 0) is 104 Å². The van der Waals surface area contributed by atoms with Crippen molar-refractivity contribution >= 4 is 79.8 Å². The van der Waals surface area contributed by atoms with Crippen LogP contribution in [0.25, 0.3) is 20.7 Å². The summed E-state index contributed by atoms with van der Waals surface area (Å²) >= 11 is 14.4. The Bertz CT molecular complexity index is 2540. The molecule has 5 aromatic rings. The minimum absolute atomic E-state index is 0.126. The van der Waals surface area contributed by atoms with Gasteiger partial charge in [0.1, 0.15) is 23.9 Å². The van der Waals surface area contributed by atoms with E-state index in [1.807, 2.05) is 57.2 Å². The molecule has 2 aliphatic heterocycles. The molecule has 3 fully saturated rings. The van der Waals surface area contributed by atoms with Gasteiger partial charge in [-0.15, -0.1) is 11.3 Å². The molecule has 6 atom stereocenters. The molecule has 1 saturated carbocycles. The summed E-state index contributed by atoms with van der Waals surface area (Å²) in [6.45, 7) is 5.72. The van der Waals surface area contributed by atoms with Gasteiger partial charge in [-0.3, -0.25) is 23.9 Å². The van der Waals surface area contributed by atoms with Gasteiger partial charge in [0.2, 0.25) is 23.6 Å². The van der Waals surface area contributed by atoms with E-state index in [1.54, 1.807) is 59.5 Å². The number of carbonyl (C=O) groups is 4. The Balaban J connectivity index is 1.14. The third-order valence-electron chi connectivity index (χ3n) is 12.5. The number of anilines is 2. The Labute approximate surface area is 337 Å². The standard InChI is InChI=1S/C43H38Cl2N4O6S/c1-21-5-9-25(18-32(21)45)48-39(51)28-13-12-27-30(36(28)41(48)53)19-31-40(52)49(42(54)43(31,3)37(27)23-6-10-26(11-7-23)55-16-15-50)35-20-33(46-47(35)4)38-22(2)29-17-24(44)8-14-34(29)56-38/h5-12,14,17-18,20,28,30-31,36-37,50H,13,15-16,19H2,1-4H3/t28-,30+,31-,36-,37-,43+/m0/s1. The minimum atomic E-state index is -1.23. The molecule has 2 saturated heterocycles. The monoisotopic (exact) mass is 808 g/mol. The van der Waals surface area contributed by atoms with Crippen LogP contribution in [0.2, 0.25) is 10.0 Å². The molecule has 9 rings (SSSR count). The van der Waals surface area contributed by atoms with Crippen LogP contribution in [0.1, 0.15) is 42.4 Å². The molecule has 10 nitrogen and oxygen atoms in total. The fraction of sp³-hybridized carbons (Fsp3) is 0.326. The highest BCUT2D eigenvalue weighted by molar-refractivity contribution is 7.22. The number of aliphatic hydroxyl groups excluding tert-OH is 1. The number of thiophene rings is 1. The molecule has 0 bridgehead atoms. The van der Waals surface area contributed by atoms with Gasteiger partial charge in [-0.2, -0.15) is 5.10 Å². The van der Waals surface area contributed by atoms with Gasteiger partial charge in [0.05, 0.1) is 40.3 Å². The molecule has 4 heterocycles. The van der Waals surface area contributed by atoms with E-state index in [1.165, 1.54) is 9.80 Å². The molecule has 13 heteroatoms. The Kier molecular flexibility index (Phi) is 8.81. The molecular weight excluding hydrogens is 771 g/mol. The van der Waals surface area contributed by atoms with Crippen LogP contribution in [0.3, 0.4) is 0 Å². The van der Waals surface area contributed by atoms with Crippen LogP contribution in [0.15, 0.2) is 78.4 Å². The van der Waals surface area contributed by atoms with Crippen molar-refractivity contribution in [3.05, 3.63) is 105 Å². The number of imide groups is 2. The summed E-state index contributed by atoms with van der Waals surface area (Å²) in [4.78, 5) is 62.1. The van der Waals surface area contributed by atoms with E-state index in [0.29, 0.717) is 39.4 Å². The van der Waals surface area contributed by atoms with Crippen LogP contribution in [0, 0.1) is 42.9 Å². The SMILES string of the molecule is Cc1ccc(N2C(=O)[C@H]3[C@H](CC=C4[C@H]3C[C@H]3C(=O)N(c5cc(-c6sc7ccc(Cl)cc7c6C)nn5C)C(=O)[C@@]3(C)[C@H]4c3ccc(OCCO)cc3)C2=O)cc1Cl. The largest absolute Gasteiger partial charge is 0.491 e. The predicted octanol–water partition coefficient (Wildman–Crippen LogP) is 8.03. The lowest BCUT2D eigenvalue weighted by atomic mass is 9.51. The van der Waals surface area contributed by atoms with E-state index in [2.05, 4.69) is 0 Å². The molecule has 3 aromatic carbocycles. The van der Waals surface area contributed by atoms with Crippen molar-refractivity contribution in [2.45, 2.75) is 39.5 Å². The second-order valence-corrected chi connectivity index (χ2v) is 17.4. The maximum Gasteiger partial charge on any atom is 0.242 e. The van der Waals surface area contributed by atoms with Gasteiger partial charge < -0.3 is 9.84 Å². The van der Waals surface area contributed by atoms with E-state index in [4.69, 9.17) is 33.0 Å². The number of hydrogen-bond donors (Lipinski definition) is 1. The van der Waals surface area contributed by atoms with Crippen LogP contribution in [0.5, 0.6) is 5.75 Å². The van der Waals surface area contributed by atoms with Crippen LogP contribution in [-0.2, 0) is 26.2 Å². The van der Waals surface area contributed by atoms with Gasteiger partial charge in [-0.1, -0.05) is 53.1 Å². The number of fused-ring (bicyclic) bond motifs is 5. The zero-order valence-electron chi connectivity index (χ0n) is 31.1. The molecule has 286 valence electrons. The van der Waals surface area contributed by atoms with Crippen molar-refractivity contribution in [1.82, 2.24) is 9.78 Å². The summed E-state index contributed by atoms with van der Waals surface area (Å²) < 4.78 is 8.29. The summed E-state index contributed by atoms with van der Waals surface area (Å²) in [5.41, 5.74) is 3.33. The van der Waals surface area contributed by atoms with Crippen molar-refractivity contribution in [1.29, 1.82) is 0 Å². The van der Waals surface area contributed by atoms with Crippen LogP contribution >= 0.6 is 34.5 Å². The summed E-state index contributed by atoms with van der Waals surface area (Å²) in [7, 11) is 1.73. The molecule has 0 spiro atoms. The first-order valence-electron chi connectivity index (χ1n) is 18.6. The first-order chi connectivity index (χ1) is 26.8. The highest BCUT2D eigenvalue weighted by atomic mass is 35.5. The zero-order chi connectivity index (χ0) is 39.4. The fourth-order valence-electron chi connectivity index (χ4n) is 9.72. The first kappa shape index (κ1) is 36.8. The molecule has 0 unspecified atom stereocenters. The molecule has 4 amide bonds. The van der Waals surface area contributed by atoms with E-state index in [-0.39, 0.29) is 43.3 Å². The average molecular weight is 810 g/mol. The number of aromatic nitrogens is 2. The Morgan fingerprint density at radius 2 is 1.70 bits per heavy atom. The summed E-state index contributed by atoms with van der Waals surface area (Å²) in [5, 5.41) is 16.2. The van der Waals surface area contributed by atoms with Crippen molar-refractivity contribution in [3.8, 4) is 16.3 Å². The number of carbonyl (C=O) groups excluding carboxylic acids is 4. The molecule has 56 heavy (non-hydrogen) atoms. The molecule has 4 aliphatic rings. The number of benzene rings is 3. The van der Waals surface area contributed by atoms with E-state index < -0.39 is 35.0 Å². The molecule has 2 aromatic heterocycles. The summed E-state index contributed by atoms with van der Waals surface area (Å²) in [6, 6.07) is 20.1. The zero-order valence-corrected chi connectivity index (χ0v) is 33.4. The maximum atomic E-state index is 15.2. The number of hydrogen-bond acceptors (Lipinski definition) is 8. The average Bonchev–Trinajstić information content (AvgIpc) is 3.85. The van der Waals surface area contributed by atoms with Crippen LogP contribution in [0.4, 0.5) is 11.5 Å². The molecule has 0 radical (unpaired) electrons. The third kappa shape index (κ3) is 5.35. The summed E-state index contributed by atoms with van der Waals surface area (Å²) in [5.74, 6) is -3.61. The second-order valence-electron chi connectivity index (χ2n) is 15.5. The van der Waals surface area contributed by atoms with E-state index >= 15 is 4.79 Å². The Morgan fingerprint density at radius 3 is 2.43 bits per heavy atom. The minimum Gasteiger partial charge on any atom is -0.491 e. The second kappa shape index (κ2) is 13.4. The fourth-order valence-corrected chi connectivity index (χ4v) is 11.2. The van der Waals surface area contributed by atoms with Gasteiger partial charge in [0.25, 0.3) is 0 Å². The number of halogens is 2. The number of nitrogens with zero attached hydrogens (tertiary/aromatic N) is 4. The predicted molar refractivity (Wildman–Crippen MR) is 216 cm³/mol. The smallest absolute Gasteiger partial charge is 0.242 e. The normalized spacial score (nSPS) is 25.8. The number of ether oxygens (including phenoxy) is 1. The lowest BCUT2D eigenvalue weighted by Gasteiger charge is -2.49. The number of aryl methyl sites for hydroxylation is 3. The molecule has 2 aliphatic carbocycles. The lowest BCUT2D eigenvalue weighted by molar-refractivity contribution is -0.131. The number of amides is 4. The number of rotatable bonds is 7. The number of aliphatic hydroxyl groups is 1. The van der Waals surface area contributed by atoms with E-state index in [0.717, 1.165) is 37.2 Å². The quantitative estimate of drug-likeness (QED) is 0.131. The molecular formula is C43H38Cl2N4O6S. The molecule has 1 N–H and O–H groups in total. The van der Waals surface area contributed by atoms with Crippen molar-refractivity contribution in [3.63, 3.8) is 0 Å². The van der Waals surface area contributed by atoms with Crippen LogP contribution < -0.4 is 14.5 Å². The van der Waals surface area contributed by atoms with Gasteiger partial charge >= 0.3 is 0 Å². The van der Waals surface area contributed by atoms with Gasteiger partial charge in [-0.25, -0.2) is 9.80 Å². The van der Waals surface area contributed by atoms with Gasteiger partial charge in [0, 0.05) is 33.8 Å². The topological polar surface area (TPSA) is 122 Å². The summed E-state index contributed by atoms with van der Waals surface area (Å²) in [6.07, 6.45) is 2.58. The van der Waals surface area contributed by atoms with Crippen LogP contribution in [-0.4, -0.2) is 51.7 Å². The van der Waals surface area contributed by atoms with Crippen molar-refractivity contribution in [2.75, 3.05) is 23.0 Å². The highest BCUT2D eigenvalue weighted by Crippen LogP contribution is 2.64. The number of allylic oxidation sites excluding steroid dienone is 2. The first-order valence-corrected chi connectivity index (χ1v) is 20.2. The van der Waals surface area contributed by atoms with E-state index in [9.17, 15) is 19.5 Å². The van der Waals surface area contributed by atoms with Crippen molar-refractivity contribution in [2.24, 2.45) is 36.1 Å². The Hall–Kier alpha value is -4.81. The lowest BCUT2D eigenvalue weighted by Crippen LogP contribution is -2.48. The third-order valence-corrected chi connectivity index (χ3v) is 14.4. The maximum absolute atomic E-state index is 15.2.